The van der Waals surface area contributed by atoms with Gasteiger partial charge in [-0.2, -0.15) is 0 Å². The van der Waals surface area contributed by atoms with E-state index in [1.54, 1.807) is 20.2 Å². The first-order valence-corrected chi connectivity index (χ1v) is 10.1. The van der Waals surface area contributed by atoms with Gasteiger partial charge < -0.3 is 15.4 Å². The zero-order valence-electron chi connectivity index (χ0n) is 14.0. The minimum absolute atomic E-state index is 0.157. The van der Waals surface area contributed by atoms with Gasteiger partial charge in [0, 0.05) is 25.2 Å². The summed E-state index contributed by atoms with van der Waals surface area (Å²) in [5.41, 5.74) is 1.03. The molecule has 1 atom stereocenters. The van der Waals surface area contributed by atoms with Crippen LogP contribution in [0.5, 0.6) is 5.75 Å². The first-order valence-electron chi connectivity index (χ1n) is 7.91. The summed E-state index contributed by atoms with van der Waals surface area (Å²) in [5.74, 6) is 2.12. The van der Waals surface area contributed by atoms with E-state index in [1.165, 1.54) is 0 Å². The predicted octanol–water partition coefficient (Wildman–Crippen LogP) is 1.49. The number of nitrogens with one attached hydrogen (secondary N) is 2. The lowest BCUT2D eigenvalue weighted by molar-refractivity contribution is 0.414. The van der Waals surface area contributed by atoms with Gasteiger partial charge in [0.2, 0.25) is 0 Å². The summed E-state index contributed by atoms with van der Waals surface area (Å²) in [7, 11) is 0.466. The zero-order valence-corrected chi connectivity index (χ0v) is 15.6. The standard InChI is InChI=1S/C16H24ClN3O3S/c1-18-16(20-10-12-6-8-24(21,22)11-12)19-7-5-13-3-4-14(23-2)9-15(13)17/h3-4,9,12H,5-8,10-11H2,1-2H3,(H2,18,19,20). The van der Waals surface area contributed by atoms with Crippen LogP contribution in [-0.2, 0) is 16.3 Å². The molecule has 2 rings (SSSR count). The number of ether oxygens (including phenoxy) is 1. The number of methoxy groups -OCH3 is 1. The van der Waals surface area contributed by atoms with Crippen LogP contribution >= 0.6 is 11.6 Å². The third-order valence-corrected chi connectivity index (χ3v) is 6.24. The molecule has 1 heterocycles. The molecule has 1 aliphatic rings. The summed E-state index contributed by atoms with van der Waals surface area (Å²) in [6.45, 7) is 1.29. The van der Waals surface area contributed by atoms with Crippen molar-refractivity contribution < 1.29 is 13.2 Å². The number of nitrogens with zero attached hydrogens (tertiary/aromatic N) is 1. The molecule has 134 valence electrons. The average Bonchev–Trinajstić information content (AvgIpc) is 2.91. The van der Waals surface area contributed by atoms with Gasteiger partial charge >= 0.3 is 0 Å². The summed E-state index contributed by atoms with van der Waals surface area (Å²) in [5, 5.41) is 7.08. The molecule has 1 aliphatic heterocycles. The fourth-order valence-electron chi connectivity index (χ4n) is 2.67. The Hall–Kier alpha value is -1.47. The van der Waals surface area contributed by atoms with Gasteiger partial charge in [-0.15, -0.1) is 0 Å². The number of hydrogen-bond donors (Lipinski definition) is 2. The average molecular weight is 374 g/mol. The van der Waals surface area contributed by atoms with Crippen LogP contribution in [0.3, 0.4) is 0 Å². The van der Waals surface area contributed by atoms with Crippen LogP contribution in [0.1, 0.15) is 12.0 Å². The van der Waals surface area contributed by atoms with Crippen LogP contribution in [0.25, 0.3) is 0 Å². The van der Waals surface area contributed by atoms with E-state index >= 15 is 0 Å². The number of hydrogen-bond acceptors (Lipinski definition) is 4. The van der Waals surface area contributed by atoms with Gasteiger partial charge in [-0.25, -0.2) is 8.42 Å². The topological polar surface area (TPSA) is 79.8 Å². The molecule has 2 N–H and O–H groups in total. The second kappa shape index (κ2) is 8.58. The van der Waals surface area contributed by atoms with Gasteiger partial charge in [0.25, 0.3) is 0 Å². The second-order valence-corrected chi connectivity index (χ2v) is 8.49. The highest BCUT2D eigenvalue weighted by molar-refractivity contribution is 7.91. The number of benzene rings is 1. The first-order chi connectivity index (χ1) is 11.4. The second-order valence-electron chi connectivity index (χ2n) is 5.86. The smallest absolute Gasteiger partial charge is 0.190 e. The van der Waals surface area contributed by atoms with E-state index in [9.17, 15) is 8.42 Å². The van der Waals surface area contributed by atoms with Crippen molar-refractivity contribution in [3.8, 4) is 5.75 Å². The molecule has 24 heavy (non-hydrogen) atoms. The Labute approximate surface area is 148 Å². The monoisotopic (exact) mass is 373 g/mol. The van der Waals surface area contributed by atoms with E-state index in [2.05, 4.69) is 15.6 Å². The molecule has 0 aromatic heterocycles. The number of aliphatic imine (C=N–C) groups is 1. The number of halogens is 1. The molecule has 0 amide bonds. The van der Waals surface area contributed by atoms with Crippen molar-refractivity contribution in [3.63, 3.8) is 0 Å². The summed E-state index contributed by atoms with van der Waals surface area (Å²) in [4.78, 5) is 4.16. The van der Waals surface area contributed by atoms with E-state index in [4.69, 9.17) is 16.3 Å². The molecular formula is C16H24ClN3O3S. The highest BCUT2D eigenvalue weighted by Crippen LogP contribution is 2.22. The minimum Gasteiger partial charge on any atom is -0.497 e. The fourth-order valence-corrected chi connectivity index (χ4v) is 4.79. The molecule has 1 aromatic rings. The highest BCUT2D eigenvalue weighted by Gasteiger charge is 2.27. The van der Waals surface area contributed by atoms with E-state index in [0.717, 1.165) is 17.7 Å². The molecule has 1 aromatic carbocycles. The van der Waals surface area contributed by atoms with Gasteiger partial charge in [0.1, 0.15) is 5.75 Å². The maximum absolute atomic E-state index is 11.5. The molecule has 1 fully saturated rings. The molecule has 0 spiro atoms. The Bertz CT molecular complexity index is 692. The normalized spacial score (nSPS) is 20.0. The van der Waals surface area contributed by atoms with Gasteiger partial charge in [0.05, 0.1) is 18.6 Å². The third kappa shape index (κ3) is 5.56. The van der Waals surface area contributed by atoms with E-state index < -0.39 is 9.84 Å². The lowest BCUT2D eigenvalue weighted by Gasteiger charge is -2.15. The van der Waals surface area contributed by atoms with Gasteiger partial charge in [-0.3, -0.25) is 4.99 Å². The Morgan fingerprint density at radius 2 is 2.21 bits per heavy atom. The summed E-state index contributed by atoms with van der Waals surface area (Å²) in [6.07, 6.45) is 1.47. The van der Waals surface area contributed by atoms with Crippen LogP contribution in [-0.4, -0.2) is 53.1 Å². The minimum atomic E-state index is -2.84. The SMILES string of the molecule is CN=C(NCCc1ccc(OC)cc1Cl)NCC1CCS(=O)(=O)C1. The van der Waals surface area contributed by atoms with Crippen molar-refractivity contribution in [2.24, 2.45) is 10.9 Å². The lowest BCUT2D eigenvalue weighted by atomic mass is 10.1. The summed E-state index contributed by atoms with van der Waals surface area (Å²) < 4.78 is 28.1. The van der Waals surface area contributed by atoms with Gasteiger partial charge in [-0.05, 0) is 36.5 Å². The number of guanidine groups is 1. The molecule has 6 nitrogen and oxygen atoms in total. The van der Waals surface area contributed by atoms with Gasteiger partial charge in [0.15, 0.2) is 15.8 Å². The van der Waals surface area contributed by atoms with E-state index in [1.807, 2.05) is 12.1 Å². The zero-order chi connectivity index (χ0) is 17.6. The quantitative estimate of drug-likeness (QED) is 0.583. The van der Waals surface area contributed by atoms with Crippen molar-refractivity contribution in [2.45, 2.75) is 12.8 Å². The lowest BCUT2D eigenvalue weighted by Crippen LogP contribution is -2.40. The van der Waals surface area contributed by atoms with Crippen LogP contribution in [0.4, 0.5) is 0 Å². The Kier molecular flexibility index (Phi) is 6.74. The molecule has 8 heteroatoms. The fraction of sp³-hybridized carbons (Fsp3) is 0.562. The van der Waals surface area contributed by atoms with Crippen molar-refractivity contribution in [1.82, 2.24) is 10.6 Å². The molecule has 0 radical (unpaired) electrons. The van der Waals surface area contributed by atoms with Crippen molar-refractivity contribution in [1.29, 1.82) is 0 Å². The van der Waals surface area contributed by atoms with Gasteiger partial charge in [-0.1, -0.05) is 17.7 Å². The van der Waals surface area contributed by atoms with Crippen molar-refractivity contribution >= 4 is 27.4 Å². The summed E-state index contributed by atoms with van der Waals surface area (Å²) in [6, 6.07) is 5.63. The summed E-state index contributed by atoms with van der Waals surface area (Å²) >= 11 is 6.22. The molecule has 0 saturated carbocycles. The largest absolute Gasteiger partial charge is 0.497 e. The molecule has 0 aliphatic carbocycles. The number of sulfone groups is 1. The maximum Gasteiger partial charge on any atom is 0.190 e. The Morgan fingerprint density at radius 3 is 2.79 bits per heavy atom. The van der Waals surface area contributed by atoms with E-state index in [0.29, 0.717) is 36.2 Å². The van der Waals surface area contributed by atoms with E-state index in [-0.39, 0.29) is 11.7 Å². The number of rotatable bonds is 6. The molecule has 1 unspecified atom stereocenters. The predicted molar refractivity (Wildman–Crippen MR) is 97.8 cm³/mol. The van der Waals surface area contributed by atoms with Crippen LogP contribution in [0, 0.1) is 5.92 Å². The Balaban J connectivity index is 1.76. The Morgan fingerprint density at radius 1 is 1.42 bits per heavy atom. The molecule has 0 bridgehead atoms. The highest BCUT2D eigenvalue weighted by atomic mass is 35.5. The van der Waals surface area contributed by atoms with Crippen LogP contribution < -0.4 is 15.4 Å². The molecular weight excluding hydrogens is 350 g/mol. The van der Waals surface area contributed by atoms with Crippen LogP contribution in [0.2, 0.25) is 5.02 Å². The van der Waals surface area contributed by atoms with Crippen molar-refractivity contribution in [3.05, 3.63) is 28.8 Å². The van der Waals surface area contributed by atoms with Crippen LogP contribution in [0.15, 0.2) is 23.2 Å². The third-order valence-electron chi connectivity index (χ3n) is 4.06. The maximum atomic E-state index is 11.5. The first kappa shape index (κ1) is 18.9. The van der Waals surface area contributed by atoms with Crippen molar-refractivity contribution in [2.75, 3.05) is 38.8 Å². The molecule has 1 saturated heterocycles.